The predicted octanol–water partition coefficient (Wildman–Crippen LogP) is 2.71. The summed E-state index contributed by atoms with van der Waals surface area (Å²) >= 11 is 0. The van der Waals surface area contributed by atoms with Crippen LogP contribution in [0, 0.1) is 17.5 Å². The van der Waals surface area contributed by atoms with Gasteiger partial charge in [-0.1, -0.05) is 0 Å². The fourth-order valence-electron chi connectivity index (χ4n) is 2.25. The minimum absolute atomic E-state index is 0. The minimum Gasteiger partial charge on any atom is -0.311 e. The van der Waals surface area contributed by atoms with E-state index in [2.05, 4.69) is 24.1 Å². The molecule has 1 heterocycles. The third-order valence-corrected chi connectivity index (χ3v) is 3.32. The van der Waals surface area contributed by atoms with Crippen molar-refractivity contribution in [3.63, 3.8) is 0 Å². The zero-order chi connectivity index (χ0) is 13.3. The SMILES string of the molecule is CC1CN(Cc2cc(F)c(F)c(F)c2)C(C)CN1.Cl. The lowest BCUT2D eigenvalue weighted by Gasteiger charge is -2.37. The number of benzene rings is 1. The molecule has 1 aromatic rings. The Labute approximate surface area is 117 Å². The first-order chi connectivity index (χ1) is 8.47. The van der Waals surface area contributed by atoms with Crippen LogP contribution >= 0.6 is 12.4 Å². The van der Waals surface area contributed by atoms with Crippen molar-refractivity contribution in [3.05, 3.63) is 35.1 Å². The molecule has 0 spiro atoms. The molecule has 1 N–H and O–H groups in total. The molecule has 0 aliphatic carbocycles. The zero-order valence-electron chi connectivity index (χ0n) is 10.9. The number of halogens is 4. The Balaban J connectivity index is 0.00000180. The lowest BCUT2D eigenvalue weighted by atomic mass is 10.1. The Morgan fingerprint density at radius 3 is 2.37 bits per heavy atom. The Kier molecular flexibility index (Phi) is 5.64. The van der Waals surface area contributed by atoms with Gasteiger partial charge >= 0.3 is 0 Å². The van der Waals surface area contributed by atoms with Gasteiger partial charge in [0, 0.05) is 31.7 Å². The van der Waals surface area contributed by atoms with E-state index in [-0.39, 0.29) is 18.4 Å². The van der Waals surface area contributed by atoms with Gasteiger partial charge in [-0.15, -0.1) is 12.4 Å². The van der Waals surface area contributed by atoms with Gasteiger partial charge < -0.3 is 5.32 Å². The molecular formula is C13H18ClF3N2. The molecule has 2 rings (SSSR count). The van der Waals surface area contributed by atoms with Crippen molar-refractivity contribution in [3.8, 4) is 0 Å². The highest BCUT2D eigenvalue weighted by atomic mass is 35.5. The first-order valence-corrected chi connectivity index (χ1v) is 6.08. The smallest absolute Gasteiger partial charge is 0.194 e. The van der Waals surface area contributed by atoms with E-state index in [9.17, 15) is 13.2 Å². The first-order valence-electron chi connectivity index (χ1n) is 6.08. The van der Waals surface area contributed by atoms with Gasteiger partial charge in [0.25, 0.3) is 0 Å². The molecule has 0 amide bonds. The van der Waals surface area contributed by atoms with Crippen LogP contribution in [0.3, 0.4) is 0 Å². The summed E-state index contributed by atoms with van der Waals surface area (Å²) in [5, 5.41) is 3.33. The molecular weight excluding hydrogens is 277 g/mol. The second-order valence-corrected chi connectivity index (χ2v) is 4.96. The van der Waals surface area contributed by atoms with E-state index in [4.69, 9.17) is 0 Å². The average Bonchev–Trinajstić information content (AvgIpc) is 2.31. The Morgan fingerprint density at radius 1 is 1.21 bits per heavy atom. The predicted molar refractivity (Wildman–Crippen MR) is 70.9 cm³/mol. The van der Waals surface area contributed by atoms with E-state index in [0.717, 1.165) is 25.2 Å². The standard InChI is InChI=1S/C13H17F3N2.ClH/c1-8-6-18(9(2)5-17-8)7-10-3-11(14)13(16)12(15)4-10;/h3-4,8-9,17H,5-7H2,1-2H3;1H. The molecule has 1 fully saturated rings. The van der Waals surface area contributed by atoms with E-state index in [1.54, 1.807) is 0 Å². The lowest BCUT2D eigenvalue weighted by Crippen LogP contribution is -2.53. The van der Waals surface area contributed by atoms with Gasteiger partial charge in [0.2, 0.25) is 0 Å². The molecule has 1 saturated heterocycles. The highest BCUT2D eigenvalue weighted by molar-refractivity contribution is 5.85. The summed E-state index contributed by atoms with van der Waals surface area (Å²) in [7, 11) is 0. The third kappa shape index (κ3) is 3.84. The molecule has 19 heavy (non-hydrogen) atoms. The van der Waals surface area contributed by atoms with Crippen LogP contribution in [-0.2, 0) is 6.54 Å². The van der Waals surface area contributed by atoms with Crippen LogP contribution < -0.4 is 5.32 Å². The van der Waals surface area contributed by atoms with Crippen LogP contribution in [0.2, 0.25) is 0 Å². The first kappa shape index (κ1) is 16.3. The van der Waals surface area contributed by atoms with Crippen LogP contribution in [0.1, 0.15) is 19.4 Å². The molecule has 1 aliphatic heterocycles. The van der Waals surface area contributed by atoms with Crippen LogP contribution in [0.5, 0.6) is 0 Å². The summed E-state index contributed by atoms with van der Waals surface area (Å²) in [6.45, 7) is 6.19. The summed E-state index contributed by atoms with van der Waals surface area (Å²) in [6.07, 6.45) is 0. The molecule has 0 bridgehead atoms. The Hall–Kier alpha value is -0.780. The molecule has 1 aromatic carbocycles. The van der Waals surface area contributed by atoms with E-state index in [1.165, 1.54) is 0 Å². The van der Waals surface area contributed by atoms with Crippen LogP contribution in [-0.4, -0.2) is 30.1 Å². The second kappa shape index (κ2) is 6.59. The summed E-state index contributed by atoms with van der Waals surface area (Å²) in [5.74, 6) is -3.65. The fraction of sp³-hybridized carbons (Fsp3) is 0.538. The number of nitrogens with zero attached hydrogens (tertiary/aromatic N) is 1. The Bertz CT molecular complexity index is 419. The fourth-order valence-corrected chi connectivity index (χ4v) is 2.25. The normalized spacial score (nSPS) is 24.1. The van der Waals surface area contributed by atoms with Gasteiger partial charge in [-0.2, -0.15) is 0 Å². The maximum Gasteiger partial charge on any atom is 0.194 e. The van der Waals surface area contributed by atoms with Crippen LogP contribution in [0.25, 0.3) is 0 Å². The van der Waals surface area contributed by atoms with Crippen molar-refractivity contribution in [1.29, 1.82) is 0 Å². The van der Waals surface area contributed by atoms with Crippen molar-refractivity contribution >= 4 is 12.4 Å². The molecule has 6 heteroatoms. The van der Waals surface area contributed by atoms with Gasteiger partial charge in [-0.05, 0) is 31.5 Å². The van der Waals surface area contributed by atoms with Crippen molar-refractivity contribution in [2.75, 3.05) is 13.1 Å². The summed E-state index contributed by atoms with van der Waals surface area (Å²) < 4.78 is 39.1. The van der Waals surface area contributed by atoms with E-state index in [1.807, 2.05) is 0 Å². The summed E-state index contributed by atoms with van der Waals surface area (Å²) in [5.41, 5.74) is 0.465. The van der Waals surface area contributed by atoms with Gasteiger partial charge in [0.05, 0.1) is 0 Å². The number of rotatable bonds is 2. The quantitative estimate of drug-likeness (QED) is 0.844. The number of piperazine rings is 1. The highest BCUT2D eigenvalue weighted by Crippen LogP contribution is 2.17. The highest BCUT2D eigenvalue weighted by Gasteiger charge is 2.23. The molecule has 0 radical (unpaired) electrons. The van der Waals surface area contributed by atoms with Crippen molar-refractivity contribution in [2.24, 2.45) is 0 Å². The average molecular weight is 295 g/mol. The third-order valence-electron chi connectivity index (χ3n) is 3.32. The molecule has 0 aromatic heterocycles. The van der Waals surface area contributed by atoms with Gasteiger partial charge in [0.15, 0.2) is 17.5 Å². The molecule has 1 aliphatic rings. The van der Waals surface area contributed by atoms with Crippen molar-refractivity contribution in [2.45, 2.75) is 32.5 Å². The molecule has 0 saturated carbocycles. The lowest BCUT2D eigenvalue weighted by molar-refractivity contribution is 0.138. The van der Waals surface area contributed by atoms with Crippen LogP contribution in [0.15, 0.2) is 12.1 Å². The zero-order valence-corrected chi connectivity index (χ0v) is 11.7. The number of nitrogens with one attached hydrogen (secondary N) is 1. The maximum atomic E-state index is 13.1. The van der Waals surface area contributed by atoms with E-state index in [0.29, 0.717) is 18.2 Å². The molecule has 108 valence electrons. The topological polar surface area (TPSA) is 15.3 Å². The minimum atomic E-state index is -1.40. The maximum absolute atomic E-state index is 13.1. The van der Waals surface area contributed by atoms with Crippen molar-refractivity contribution < 1.29 is 13.2 Å². The van der Waals surface area contributed by atoms with Gasteiger partial charge in [-0.25, -0.2) is 13.2 Å². The van der Waals surface area contributed by atoms with Crippen LogP contribution in [0.4, 0.5) is 13.2 Å². The van der Waals surface area contributed by atoms with Gasteiger partial charge in [-0.3, -0.25) is 4.90 Å². The summed E-state index contributed by atoms with van der Waals surface area (Å²) in [4.78, 5) is 2.13. The van der Waals surface area contributed by atoms with E-state index < -0.39 is 17.5 Å². The monoisotopic (exact) mass is 294 g/mol. The molecule has 2 atom stereocenters. The van der Waals surface area contributed by atoms with Crippen molar-refractivity contribution in [1.82, 2.24) is 10.2 Å². The number of hydrogen-bond acceptors (Lipinski definition) is 2. The van der Waals surface area contributed by atoms with E-state index >= 15 is 0 Å². The van der Waals surface area contributed by atoms with Gasteiger partial charge in [0.1, 0.15) is 0 Å². The molecule has 2 unspecified atom stereocenters. The Morgan fingerprint density at radius 2 is 1.79 bits per heavy atom. The summed E-state index contributed by atoms with van der Waals surface area (Å²) in [6, 6.07) is 2.77. The molecule has 2 nitrogen and oxygen atoms in total. The number of hydrogen-bond donors (Lipinski definition) is 1. The largest absolute Gasteiger partial charge is 0.311 e. The second-order valence-electron chi connectivity index (χ2n) is 4.96.